The van der Waals surface area contributed by atoms with E-state index in [0.717, 1.165) is 52.3 Å². The first-order valence-electron chi connectivity index (χ1n) is 12.4. The Hall–Kier alpha value is -0.120. The van der Waals surface area contributed by atoms with Crippen molar-refractivity contribution in [2.75, 3.05) is 33.0 Å². The van der Waals surface area contributed by atoms with Gasteiger partial charge in [-0.15, -0.1) is 0 Å². The van der Waals surface area contributed by atoms with Crippen molar-refractivity contribution in [1.82, 2.24) is 0 Å². The quantitative estimate of drug-likeness (QED) is 0.193. The predicted molar refractivity (Wildman–Crippen MR) is 120 cm³/mol. The molecular formula is C25H49O3. The zero-order chi connectivity index (χ0) is 20.1. The lowest BCUT2D eigenvalue weighted by atomic mass is 10.1. The van der Waals surface area contributed by atoms with Crippen molar-refractivity contribution in [1.29, 1.82) is 0 Å². The molecule has 0 amide bonds. The summed E-state index contributed by atoms with van der Waals surface area (Å²) in [5.74, 6) is 0.564. The van der Waals surface area contributed by atoms with Crippen molar-refractivity contribution in [3.8, 4) is 0 Å². The van der Waals surface area contributed by atoms with E-state index in [-0.39, 0.29) is 6.10 Å². The number of ether oxygens (including phenoxy) is 3. The Labute approximate surface area is 176 Å². The van der Waals surface area contributed by atoms with Gasteiger partial charge in [0.2, 0.25) is 0 Å². The Bertz CT molecular complexity index is 308. The Morgan fingerprint density at radius 2 is 1.25 bits per heavy atom. The highest BCUT2D eigenvalue weighted by Crippen LogP contribution is 2.20. The lowest BCUT2D eigenvalue weighted by Gasteiger charge is -2.11. The molecule has 0 bridgehead atoms. The van der Waals surface area contributed by atoms with E-state index in [0.29, 0.717) is 5.92 Å². The van der Waals surface area contributed by atoms with Crippen molar-refractivity contribution >= 4 is 0 Å². The molecular weight excluding hydrogens is 348 g/mol. The molecule has 0 spiro atoms. The van der Waals surface area contributed by atoms with Gasteiger partial charge < -0.3 is 14.2 Å². The van der Waals surface area contributed by atoms with Crippen LogP contribution < -0.4 is 0 Å². The smallest absolute Gasteiger partial charge is 0.0813 e. The monoisotopic (exact) mass is 397 g/mol. The number of unbranched alkanes of at least 4 members (excludes halogenated alkanes) is 13. The van der Waals surface area contributed by atoms with E-state index in [9.17, 15) is 0 Å². The summed E-state index contributed by atoms with van der Waals surface area (Å²) in [7, 11) is 0. The molecule has 3 heteroatoms. The topological polar surface area (TPSA) is 27.7 Å². The summed E-state index contributed by atoms with van der Waals surface area (Å²) in [5.41, 5.74) is 0. The molecule has 0 aromatic rings. The van der Waals surface area contributed by atoms with Crippen LogP contribution in [0.5, 0.6) is 0 Å². The molecule has 28 heavy (non-hydrogen) atoms. The molecule has 0 aromatic heterocycles. The molecule has 167 valence electrons. The van der Waals surface area contributed by atoms with E-state index < -0.39 is 0 Å². The van der Waals surface area contributed by atoms with Crippen LogP contribution in [0.1, 0.15) is 110 Å². The molecule has 0 N–H and O–H groups in total. The standard InChI is InChI=1S/C25H49O3/c1-3-5-7-9-10-11-12-13-15-17-18-26-21-24-20-25(28-22-24)23-27-19-16-14-8-6-4-2/h24-25H,2-23H2,1H3. The van der Waals surface area contributed by atoms with E-state index >= 15 is 0 Å². The molecule has 0 saturated carbocycles. The highest BCUT2D eigenvalue weighted by atomic mass is 16.5. The van der Waals surface area contributed by atoms with E-state index in [2.05, 4.69) is 13.8 Å². The first kappa shape index (κ1) is 25.9. The third kappa shape index (κ3) is 15.8. The minimum Gasteiger partial charge on any atom is -0.381 e. The van der Waals surface area contributed by atoms with Crippen molar-refractivity contribution < 1.29 is 14.2 Å². The van der Waals surface area contributed by atoms with Crippen molar-refractivity contribution in [3.05, 3.63) is 6.92 Å². The fraction of sp³-hybridized carbons (Fsp3) is 0.960. The molecule has 1 aliphatic rings. The van der Waals surface area contributed by atoms with Crippen LogP contribution in [0.15, 0.2) is 0 Å². The average molecular weight is 398 g/mol. The maximum absolute atomic E-state index is 5.89. The van der Waals surface area contributed by atoms with Gasteiger partial charge in [-0.1, -0.05) is 97.3 Å². The lowest BCUT2D eigenvalue weighted by molar-refractivity contribution is 0.0141. The normalized spacial score (nSPS) is 19.5. The van der Waals surface area contributed by atoms with Gasteiger partial charge in [-0.2, -0.15) is 0 Å². The molecule has 3 nitrogen and oxygen atoms in total. The van der Waals surface area contributed by atoms with Gasteiger partial charge in [-0.05, 0) is 19.3 Å². The number of rotatable bonds is 21. The second-order valence-corrected chi connectivity index (χ2v) is 8.66. The van der Waals surface area contributed by atoms with Crippen LogP contribution in [0.2, 0.25) is 0 Å². The van der Waals surface area contributed by atoms with Gasteiger partial charge >= 0.3 is 0 Å². The predicted octanol–water partition coefficient (Wildman–Crippen LogP) is 7.13. The van der Waals surface area contributed by atoms with E-state index in [4.69, 9.17) is 14.2 Å². The lowest BCUT2D eigenvalue weighted by Crippen LogP contribution is -2.15. The summed E-state index contributed by atoms with van der Waals surface area (Å²) in [6, 6.07) is 0. The van der Waals surface area contributed by atoms with Gasteiger partial charge in [0.15, 0.2) is 0 Å². The summed E-state index contributed by atoms with van der Waals surface area (Å²) in [4.78, 5) is 0. The van der Waals surface area contributed by atoms with Crippen molar-refractivity contribution in [3.63, 3.8) is 0 Å². The van der Waals surface area contributed by atoms with Gasteiger partial charge in [0.25, 0.3) is 0 Å². The maximum Gasteiger partial charge on any atom is 0.0813 e. The maximum atomic E-state index is 5.89. The van der Waals surface area contributed by atoms with Gasteiger partial charge in [0.05, 0.1) is 25.9 Å². The van der Waals surface area contributed by atoms with Crippen molar-refractivity contribution in [2.24, 2.45) is 5.92 Å². The van der Waals surface area contributed by atoms with Crippen LogP contribution in [0.3, 0.4) is 0 Å². The van der Waals surface area contributed by atoms with Gasteiger partial charge in [-0.25, -0.2) is 0 Å². The number of hydrogen-bond donors (Lipinski definition) is 0. The summed E-state index contributed by atoms with van der Waals surface area (Å²) >= 11 is 0. The Morgan fingerprint density at radius 1 is 0.714 bits per heavy atom. The fourth-order valence-corrected chi connectivity index (χ4v) is 3.90. The van der Waals surface area contributed by atoms with Crippen LogP contribution in [-0.4, -0.2) is 39.1 Å². The minimum atomic E-state index is 0.283. The summed E-state index contributed by atoms with van der Waals surface area (Å²) in [6.45, 7) is 10.4. The second kappa shape index (κ2) is 20.2. The van der Waals surface area contributed by atoms with Gasteiger partial charge in [0, 0.05) is 19.1 Å². The molecule has 1 radical (unpaired) electrons. The minimum absolute atomic E-state index is 0.283. The van der Waals surface area contributed by atoms with E-state index in [1.807, 2.05) is 0 Å². The molecule has 1 fully saturated rings. The van der Waals surface area contributed by atoms with Crippen LogP contribution in [0, 0.1) is 12.8 Å². The second-order valence-electron chi connectivity index (χ2n) is 8.66. The third-order valence-electron chi connectivity index (χ3n) is 5.75. The molecule has 2 unspecified atom stereocenters. The van der Waals surface area contributed by atoms with Gasteiger partial charge in [0.1, 0.15) is 0 Å². The first-order valence-corrected chi connectivity index (χ1v) is 12.4. The molecule has 1 heterocycles. The van der Waals surface area contributed by atoms with E-state index in [1.54, 1.807) is 0 Å². The fourth-order valence-electron chi connectivity index (χ4n) is 3.90. The third-order valence-corrected chi connectivity index (χ3v) is 5.75. The zero-order valence-electron chi connectivity index (χ0n) is 18.9. The van der Waals surface area contributed by atoms with E-state index in [1.165, 1.54) is 83.5 Å². The Kier molecular flexibility index (Phi) is 18.7. The first-order chi connectivity index (χ1) is 13.9. The Morgan fingerprint density at radius 3 is 1.86 bits per heavy atom. The van der Waals surface area contributed by atoms with Gasteiger partial charge in [-0.3, -0.25) is 0 Å². The van der Waals surface area contributed by atoms with Crippen molar-refractivity contribution in [2.45, 2.75) is 116 Å². The molecule has 0 aromatic carbocycles. The number of hydrogen-bond acceptors (Lipinski definition) is 3. The summed E-state index contributed by atoms with van der Waals surface area (Å²) < 4.78 is 17.5. The molecule has 2 atom stereocenters. The molecule has 1 saturated heterocycles. The zero-order valence-corrected chi connectivity index (χ0v) is 18.9. The summed E-state index contributed by atoms with van der Waals surface area (Å²) in [6.07, 6.45) is 21.2. The Balaban J connectivity index is 1.79. The highest BCUT2D eigenvalue weighted by molar-refractivity contribution is 4.73. The van der Waals surface area contributed by atoms with Crippen LogP contribution >= 0.6 is 0 Å². The average Bonchev–Trinajstić information content (AvgIpc) is 3.16. The molecule has 1 rings (SSSR count). The van der Waals surface area contributed by atoms with Crippen LogP contribution in [-0.2, 0) is 14.2 Å². The van der Waals surface area contributed by atoms with Crippen LogP contribution in [0.25, 0.3) is 0 Å². The summed E-state index contributed by atoms with van der Waals surface area (Å²) in [5, 5.41) is 0. The largest absolute Gasteiger partial charge is 0.381 e. The SMILES string of the molecule is [CH2]CCCCCCOCC1CC(COCCCCCCCCCCCC)CO1. The highest BCUT2D eigenvalue weighted by Gasteiger charge is 2.25. The molecule has 1 aliphatic heterocycles. The molecule has 0 aliphatic carbocycles. The van der Waals surface area contributed by atoms with Crippen LogP contribution in [0.4, 0.5) is 0 Å².